The van der Waals surface area contributed by atoms with Gasteiger partial charge in [-0.3, -0.25) is 4.89 Å². The van der Waals surface area contributed by atoms with Crippen molar-refractivity contribution in [2.45, 2.75) is 12.8 Å². The SMILES string of the molecule is Cn1c(-c2ccc(N3CCOCC3)nc2)nc2c(OOC(=O)N3CCCC3)ncnc21. The molecular formula is C20H23N7O4. The van der Waals surface area contributed by atoms with E-state index < -0.39 is 6.09 Å². The molecule has 3 aromatic rings. The zero-order valence-corrected chi connectivity index (χ0v) is 17.2. The van der Waals surface area contributed by atoms with Crippen LogP contribution in [0, 0.1) is 0 Å². The van der Waals surface area contributed by atoms with Gasteiger partial charge in [0.25, 0.3) is 0 Å². The van der Waals surface area contributed by atoms with Gasteiger partial charge in [0.15, 0.2) is 11.2 Å². The first-order valence-corrected chi connectivity index (χ1v) is 10.3. The first-order valence-electron chi connectivity index (χ1n) is 10.3. The van der Waals surface area contributed by atoms with Crippen LogP contribution in [0.4, 0.5) is 10.6 Å². The van der Waals surface area contributed by atoms with Crippen molar-refractivity contribution in [3.63, 3.8) is 0 Å². The maximum Gasteiger partial charge on any atom is 0.452 e. The number of hydrogen-bond donors (Lipinski definition) is 0. The van der Waals surface area contributed by atoms with E-state index in [9.17, 15) is 4.79 Å². The average Bonchev–Trinajstić information content (AvgIpc) is 3.47. The van der Waals surface area contributed by atoms with Gasteiger partial charge in [0.05, 0.1) is 13.2 Å². The molecule has 2 aliphatic rings. The van der Waals surface area contributed by atoms with Gasteiger partial charge < -0.3 is 19.1 Å². The van der Waals surface area contributed by atoms with Crippen LogP contribution in [0.2, 0.25) is 0 Å². The van der Waals surface area contributed by atoms with Crippen molar-refractivity contribution >= 4 is 23.1 Å². The summed E-state index contributed by atoms with van der Waals surface area (Å²) in [6, 6.07) is 3.95. The molecule has 11 nitrogen and oxygen atoms in total. The highest BCUT2D eigenvalue weighted by Crippen LogP contribution is 2.27. The molecule has 0 aliphatic carbocycles. The number of ether oxygens (including phenoxy) is 1. The molecular weight excluding hydrogens is 402 g/mol. The molecule has 0 saturated carbocycles. The molecule has 5 rings (SSSR count). The summed E-state index contributed by atoms with van der Waals surface area (Å²) in [6.45, 7) is 4.40. The third-order valence-electron chi connectivity index (χ3n) is 5.52. The zero-order valence-electron chi connectivity index (χ0n) is 17.2. The summed E-state index contributed by atoms with van der Waals surface area (Å²) in [4.78, 5) is 43.7. The van der Waals surface area contributed by atoms with E-state index in [4.69, 9.17) is 14.5 Å². The number of morpholine rings is 1. The Morgan fingerprint density at radius 2 is 1.87 bits per heavy atom. The lowest BCUT2D eigenvalue weighted by atomic mass is 10.2. The van der Waals surface area contributed by atoms with Gasteiger partial charge in [-0.25, -0.2) is 24.6 Å². The minimum Gasteiger partial charge on any atom is -0.378 e. The third kappa shape index (κ3) is 3.83. The van der Waals surface area contributed by atoms with E-state index in [0.29, 0.717) is 43.3 Å². The number of rotatable bonds is 4. The monoisotopic (exact) mass is 425 g/mol. The predicted octanol–water partition coefficient (Wildman–Crippen LogP) is 1.79. The standard InChI is InChI=1S/C20H23N7O4/c1-25-17(14-4-5-15(21-12-14)26-8-10-29-11-9-26)24-16-18(25)22-13-23-19(16)30-31-20(28)27-6-2-3-7-27/h4-5,12-13H,2-3,6-11H2,1H3. The maximum absolute atomic E-state index is 12.1. The van der Waals surface area contributed by atoms with E-state index in [2.05, 4.69) is 24.8 Å². The Morgan fingerprint density at radius 3 is 2.61 bits per heavy atom. The Morgan fingerprint density at radius 1 is 1.06 bits per heavy atom. The fourth-order valence-electron chi connectivity index (χ4n) is 3.82. The number of amides is 1. The molecule has 0 unspecified atom stereocenters. The summed E-state index contributed by atoms with van der Waals surface area (Å²) < 4.78 is 7.23. The summed E-state index contributed by atoms with van der Waals surface area (Å²) >= 11 is 0. The molecule has 0 aromatic carbocycles. The molecule has 0 bridgehead atoms. The molecule has 0 N–H and O–H groups in total. The van der Waals surface area contributed by atoms with Crippen molar-refractivity contribution in [3.8, 4) is 17.3 Å². The topological polar surface area (TPSA) is 108 Å². The molecule has 5 heterocycles. The lowest BCUT2D eigenvalue weighted by Gasteiger charge is -2.27. The summed E-state index contributed by atoms with van der Waals surface area (Å²) in [5.74, 6) is 1.66. The molecule has 0 spiro atoms. The number of fused-ring (bicyclic) bond motifs is 1. The number of imidazole rings is 1. The third-order valence-corrected chi connectivity index (χ3v) is 5.52. The number of anilines is 1. The summed E-state index contributed by atoms with van der Waals surface area (Å²) in [5.41, 5.74) is 1.80. The Hall–Kier alpha value is -3.47. The Kier molecular flexibility index (Phi) is 5.24. The second kappa shape index (κ2) is 8.34. The molecule has 0 radical (unpaired) electrons. The van der Waals surface area contributed by atoms with Crippen LogP contribution < -0.4 is 9.79 Å². The molecule has 11 heteroatoms. The van der Waals surface area contributed by atoms with E-state index in [0.717, 1.165) is 37.3 Å². The van der Waals surface area contributed by atoms with Gasteiger partial charge in [-0.05, 0) is 25.0 Å². The van der Waals surface area contributed by atoms with Crippen LogP contribution >= 0.6 is 0 Å². The number of pyridine rings is 1. The van der Waals surface area contributed by atoms with Gasteiger partial charge in [0, 0.05) is 45.0 Å². The van der Waals surface area contributed by atoms with Gasteiger partial charge in [-0.1, -0.05) is 0 Å². The van der Waals surface area contributed by atoms with Crippen LogP contribution in [0.3, 0.4) is 0 Å². The number of carbonyl (C=O) groups is 1. The van der Waals surface area contributed by atoms with Crippen LogP contribution in [0.25, 0.3) is 22.6 Å². The van der Waals surface area contributed by atoms with Crippen molar-refractivity contribution in [2.75, 3.05) is 44.3 Å². The van der Waals surface area contributed by atoms with Crippen molar-refractivity contribution in [1.29, 1.82) is 0 Å². The highest BCUT2D eigenvalue weighted by molar-refractivity contribution is 5.81. The quantitative estimate of drug-likeness (QED) is 0.456. The van der Waals surface area contributed by atoms with Gasteiger partial charge in [0.2, 0.25) is 0 Å². The van der Waals surface area contributed by atoms with E-state index in [1.165, 1.54) is 6.33 Å². The summed E-state index contributed by atoms with van der Waals surface area (Å²) in [7, 11) is 1.85. The predicted molar refractivity (Wildman–Crippen MR) is 110 cm³/mol. The normalized spacial score (nSPS) is 16.7. The first kappa shape index (κ1) is 19.5. The highest BCUT2D eigenvalue weighted by Gasteiger charge is 2.23. The fourth-order valence-corrected chi connectivity index (χ4v) is 3.82. The van der Waals surface area contributed by atoms with Crippen molar-refractivity contribution in [1.82, 2.24) is 29.4 Å². The van der Waals surface area contributed by atoms with Gasteiger partial charge >= 0.3 is 12.0 Å². The number of aryl methyl sites for hydroxylation is 1. The molecule has 0 atom stereocenters. The van der Waals surface area contributed by atoms with E-state index in [1.54, 1.807) is 11.1 Å². The highest BCUT2D eigenvalue weighted by atomic mass is 17.2. The fraction of sp³-hybridized carbons (Fsp3) is 0.450. The van der Waals surface area contributed by atoms with Crippen molar-refractivity contribution < 1.29 is 19.3 Å². The number of nitrogens with zero attached hydrogens (tertiary/aromatic N) is 7. The van der Waals surface area contributed by atoms with Gasteiger partial charge in [-0.15, -0.1) is 0 Å². The van der Waals surface area contributed by atoms with E-state index in [-0.39, 0.29) is 5.88 Å². The Labute approximate surface area is 178 Å². The molecule has 3 aromatic heterocycles. The van der Waals surface area contributed by atoms with Gasteiger partial charge in [0.1, 0.15) is 18.0 Å². The van der Waals surface area contributed by atoms with Gasteiger partial charge in [-0.2, -0.15) is 4.98 Å². The largest absolute Gasteiger partial charge is 0.452 e. The first-order chi connectivity index (χ1) is 15.2. The second-order valence-corrected chi connectivity index (χ2v) is 7.48. The van der Waals surface area contributed by atoms with E-state index in [1.807, 2.05) is 23.7 Å². The molecule has 2 fully saturated rings. The number of carbonyl (C=O) groups excluding carboxylic acids is 1. The number of likely N-dealkylation sites (tertiary alicyclic amines) is 1. The summed E-state index contributed by atoms with van der Waals surface area (Å²) in [6.07, 6.45) is 4.55. The summed E-state index contributed by atoms with van der Waals surface area (Å²) in [5, 5.41) is 0. The van der Waals surface area contributed by atoms with Crippen LogP contribution in [0.5, 0.6) is 5.88 Å². The lowest BCUT2D eigenvalue weighted by molar-refractivity contribution is -0.155. The zero-order chi connectivity index (χ0) is 21.2. The number of hydrogen-bond acceptors (Lipinski definition) is 9. The maximum atomic E-state index is 12.1. The van der Waals surface area contributed by atoms with Crippen LogP contribution in [0.15, 0.2) is 24.7 Å². The average molecular weight is 425 g/mol. The number of aromatic nitrogens is 5. The van der Waals surface area contributed by atoms with Crippen LogP contribution in [0.1, 0.15) is 12.8 Å². The smallest absolute Gasteiger partial charge is 0.378 e. The molecule has 1 amide bonds. The minimum atomic E-state index is -0.525. The lowest BCUT2D eigenvalue weighted by Crippen LogP contribution is -2.36. The molecule has 2 saturated heterocycles. The molecule has 31 heavy (non-hydrogen) atoms. The Bertz CT molecular complexity index is 1070. The molecule has 2 aliphatic heterocycles. The van der Waals surface area contributed by atoms with Crippen LogP contribution in [-0.4, -0.2) is 74.9 Å². The van der Waals surface area contributed by atoms with Crippen LogP contribution in [-0.2, 0) is 16.7 Å². The molecule has 162 valence electrons. The Balaban J connectivity index is 1.38. The van der Waals surface area contributed by atoms with Crippen molar-refractivity contribution in [3.05, 3.63) is 24.7 Å². The van der Waals surface area contributed by atoms with E-state index >= 15 is 0 Å². The second-order valence-electron chi connectivity index (χ2n) is 7.48. The minimum absolute atomic E-state index is 0.0947. The van der Waals surface area contributed by atoms with Crippen molar-refractivity contribution in [2.24, 2.45) is 7.05 Å².